The third-order valence-electron chi connectivity index (χ3n) is 2.80. The van der Waals surface area contributed by atoms with E-state index in [0.29, 0.717) is 5.69 Å². The maximum Gasteiger partial charge on any atom is 0.261 e. The topological polar surface area (TPSA) is 79.0 Å². The Labute approximate surface area is 122 Å². The molecule has 0 aliphatic carbocycles. The molecule has 1 heterocycles. The monoisotopic (exact) mass is 308 g/mol. The molecule has 2 N–H and O–H groups in total. The Bertz CT molecular complexity index is 786. The summed E-state index contributed by atoms with van der Waals surface area (Å²) < 4.78 is 24.9. The summed E-state index contributed by atoms with van der Waals surface area (Å²) in [5.74, 6) is -1.31. The van der Waals surface area contributed by atoms with Crippen molar-refractivity contribution in [3.8, 4) is 0 Å². The van der Waals surface area contributed by atoms with Crippen LogP contribution in [0.2, 0.25) is 0 Å². The van der Waals surface area contributed by atoms with Crippen LogP contribution < -0.4 is 10.7 Å². The molecule has 2 aromatic rings. The predicted molar refractivity (Wildman–Crippen MR) is 78.5 cm³/mol. The van der Waals surface area contributed by atoms with Gasteiger partial charge in [-0.2, -0.15) is 0 Å². The first-order chi connectivity index (χ1) is 9.88. The molecular formula is C14H13FN2O3S. The van der Waals surface area contributed by atoms with Gasteiger partial charge in [0.1, 0.15) is 11.4 Å². The highest BCUT2D eigenvalue weighted by molar-refractivity contribution is 7.84. The molecule has 0 aliphatic heterocycles. The van der Waals surface area contributed by atoms with Gasteiger partial charge in [0.25, 0.3) is 5.91 Å². The molecule has 0 radical (unpaired) electrons. The molecule has 0 unspecified atom stereocenters. The molecule has 1 aromatic heterocycles. The summed E-state index contributed by atoms with van der Waals surface area (Å²) >= 11 is 0. The van der Waals surface area contributed by atoms with Crippen molar-refractivity contribution in [1.82, 2.24) is 4.98 Å². The van der Waals surface area contributed by atoms with Crippen molar-refractivity contribution in [3.05, 3.63) is 57.8 Å². The van der Waals surface area contributed by atoms with E-state index < -0.39 is 28.0 Å². The average Bonchev–Trinajstić information content (AvgIpc) is 2.37. The lowest BCUT2D eigenvalue weighted by atomic mass is 10.2. The van der Waals surface area contributed by atoms with Crippen molar-refractivity contribution in [1.29, 1.82) is 0 Å². The Hall–Kier alpha value is -2.28. The number of hydrogen-bond acceptors (Lipinski definition) is 3. The lowest BCUT2D eigenvalue weighted by Gasteiger charge is -2.07. The number of aromatic amines is 1. The van der Waals surface area contributed by atoms with Crippen LogP contribution in [0, 0.1) is 12.7 Å². The SMILES string of the molecule is Cc1cc(=O)c(C(=O)Nc2ccc([S@](C)=O)c(F)c2)c[nH]1. The second kappa shape index (κ2) is 6.01. The van der Waals surface area contributed by atoms with Gasteiger partial charge in [0.05, 0.1) is 15.7 Å². The van der Waals surface area contributed by atoms with Crippen molar-refractivity contribution in [2.24, 2.45) is 0 Å². The Morgan fingerprint density at radius 1 is 1.33 bits per heavy atom. The Morgan fingerprint density at radius 2 is 2.05 bits per heavy atom. The third-order valence-corrected chi connectivity index (χ3v) is 3.75. The number of benzene rings is 1. The fourth-order valence-electron chi connectivity index (χ4n) is 1.76. The van der Waals surface area contributed by atoms with Crippen LogP contribution in [0.5, 0.6) is 0 Å². The number of aryl methyl sites for hydroxylation is 1. The van der Waals surface area contributed by atoms with Crippen molar-refractivity contribution in [2.75, 3.05) is 11.6 Å². The minimum atomic E-state index is -1.45. The van der Waals surface area contributed by atoms with Crippen LogP contribution in [0.4, 0.5) is 10.1 Å². The van der Waals surface area contributed by atoms with E-state index in [-0.39, 0.29) is 16.1 Å². The molecule has 0 aliphatic rings. The van der Waals surface area contributed by atoms with E-state index in [1.807, 2.05) is 0 Å². The summed E-state index contributed by atoms with van der Waals surface area (Å²) in [5.41, 5.74) is 0.337. The lowest BCUT2D eigenvalue weighted by molar-refractivity contribution is 0.102. The van der Waals surface area contributed by atoms with Crippen LogP contribution in [-0.2, 0) is 10.8 Å². The minimum Gasteiger partial charge on any atom is -0.364 e. The number of rotatable bonds is 3. The van der Waals surface area contributed by atoms with Crippen LogP contribution in [0.3, 0.4) is 0 Å². The lowest BCUT2D eigenvalue weighted by Crippen LogP contribution is -2.21. The van der Waals surface area contributed by atoms with Gasteiger partial charge in [0, 0.05) is 29.9 Å². The van der Waals surface area contributed by atoms with Crippen LogP contribution in [-0.4, -0.2) is 21.4 Å². The number of halogens is 1. The number of pyridine rings is 1. The number of hydrogen-bond donors (Lipinski definition) is 2. The number of aromatic nitrogens is 1. The summed E-state index contributed by atoms with van der Waals surface area (Å²) in [6.45, 7) is 1.70. The standard InChI is InChI=1S/C14H13FN2O3S/c1-8-5-12(18)10(7-16-8)14(19)17-9-3-4-13(21(2)20)11(15)6-9/h3-7H,1-2H3,(H,16,18)(H,17,19)/t21-/m0/s1. The van der Waals surface area contributed by atoms with Gasteiger partial charge in [-0.3, -0.25) is 13.8 Å². The van der Waals surface area contributed by atoms with Gasteiger partial charge in [0.15, 0.2) is 5.43 Å². The highest BCUT2D eigenvalue weighted by Gasteiger charge is 2.12. The molecular weight excluding hydrogens is 295 g/mol. The number of nitrogens with one attached hydrogen (secondary N) is 2. The maximum absolute atomic E-state index is 13.7. The van der Waals surface area contributed by atoms with Gasteiger partial charge in [-0.1, -0.05) is 0 Å². The molecule has 1 aromatic carbocycles. The fraction of sp³-hybridized carbons (Fsp3) is 0.143. The molecule has 5 nitrogen and oxygen atoms in total. The molecule has 7 heteroatoms. The number of amides is 1. The van der Waals surface area contributed by atoms with Gasteiger partial charge in [-0.15, -0.1) is 0 Å². The summed E-state index contributed by atoms with van der Waals surface area (Å²) in [4.78, 5) is 26.5. The Kier molecular flexibility index (Phi) is 4.32. The van der Waals surface area contributed by atoms with Crippen LogP contribution in [0.1, 0.15) is 16.1 Å². The predicted octanol–water partition coefficient (Wildman–Crippen LogP) is 1.81. The zero-order valence-electron chi connectivity index (χ0n) is 11.4. The molecule has 1 atom stereocenters. The number of H-pyrrole nitrogens is 1. The average molecular weight is 308 g/mol. The molecule has 21 heavy (non-hydrogen) atoms. The van der Waals surface area contributed by atoms with Crippen molar-refractivity contribution >= 4 is 22.4 Å². The molecule has 0 bridgehead atoms. The normalized spacial score (nSPS) is 12.0. The Morgan fingerprint density at radius 3 is 2.62 bits per heavy atom. The zero-order valence-corrected chi connectivity index (χ0v) is 12.2. The van der Waals surface area contributed by atoms with E-state index in [0.717, 1.165) is 6.07 Å². The number of carbonyl (C=O) groups is 1. The van der Waals surface area contributed by atoms with Gasteiger partial charge in [-0.25, -0.2) is 4.39 Å². The molecule has 110 valence electrons. The van der Waals surface area contributed by atoms with Crippen LogP contribution in [0.25, 0.3) is 0 Å². The molecule has 1 amide bonds. The van der Waals surface area contributed by atoms with Crippen molar-refractivity contribution in [2.45, 2.75) is 11.8 Å². The molecule has 0 spiro atoms. The molecule has 2 rings (SSSR count). The molecule has 0 fully saturated rings. The second-order valence-electron chi connectivity index (χ2n) is 4.45. The van der Waals surface area contributed by atoms with E-state index >= 15 is 0 Å². The first-order valence-electron chi connectivity index (χ1n) is 6.02. The highest BCUT2D eigenvalue weighted by Crippen LogP contribution is 2.17. The number of anilines is 1. The smallest absolute Gasteiger partial charge is 0.261 e. The highest BCUT2D eigenvalue weighted by atomic mass is 32.2. The van der Waals surface area contributed by atoms with Gasteiger partial charge in [0.2, 0.25) is 0 Å². The first kappa shape index (κ1) is 15.1. The molecule has 0 saturated carbocycles. The minimum absolute atomic E-state index is 0.0567. The maximum atomic E-state index is 13.7. The van der Waals surface area contributed by atoms with E-state index in [1.54, 1.807) is 6.92 Å². The Balaban J connectivity index is 2.26. The van der Waals surface area contributed by atoms with E-state index in [4.69, 9.17) is 0 Å². The van der Waals surface area contributed by atoms with Crippen molar-refractivity contribution < 1.29 is 13.4 Å². The summed E-state index contributed by atoms with van der Waals surface area (Å²) in [6.07, 6.45) is 2.67. The quantitative estimate of drug-likeness (QED) is 0.907. The summed E-state index contributed by atoms with van der Waals surface area (Å²) in [6, 6.07) is 5.14. The van der Waals surface area contributed by atoms with E-state index in [9.17, 15) is 18.2 Å². The zero-order chi connectivity index (χ0) is 15.6. The third kappa shape index (κ3) is 3.43. The van der Waals surface area contributed by atoms with Gasteiger partial charge >= 0.3 is 0 Å². The molecule has 0 saturated heterocycles. The van der Waals surface area contributed by atoms with Gasteiger partial charge in [-0.05, 0) is 25.1 Å². The second-order valence-corrected chi connectivity index (χ2v) is 5.80. The van der Waals surface area contributed by atoms with Crippen LogP contribution >= 0.6 is 0 Å². The number of carbonyl (C=O) groups excluding carboxylic acids is 1. The van der Waals surface area contributed by atoms with E-state index in [1.165, 1.54) is 30.7 Å². The largest absolute Gasteiger partial charge is 0.364 e. The summed E-state index contributed by atoms with van der Waals surface area (Å²) in [5, 5.41) is 2.43. The van der Waals surface area contributed by atoms with E-state index in [2.05, 4.69) is 10.3 Å². The first-order valence-corrected chi connectivity index (χ1v) is 7.58. The fourth-order valence-corrected chi connectivity index (χ4v) is 2.35. The summed E-state index contributed by atoms with van der Waals surface area (Å²) in [7, 11) is -1.45. The van der Waals surface area contributed by atoms with Crippen LogP contribution in [0.15, 0.2) is 40.2 Å². The van der Waals surface area contributed by atoms with Crippen molar-refractivity contribution in [3.63, 3.8) is 0 Å². The van der Waals surface area contributed by atoms with Gasteiger partial charge < -0.3 is 10.3 Å².